The summed E-state index contributed by atoms with van der Waals surface area (Å²) in [6, 6.07) is 0. The molecule has 6 heteroatoms. The van der Waals surface area contributed by atoms with Crippen LogP contribution < -0.4 is 10.6 Å². The van der Waals surface area contributed by atoms with Crippen molar-refractivity contribution >= 4 is 35.9 Å². The number of carbonyl (C=O) groups is 1. The van der Waals surface area contributed by atoms with E-state index in [1.165, 1.54) is 19.3 Å². The van der Waals surface area contributed by atoms with Crippen LogP contribution >= 0.6 is 24.0 Å². The van der Waals surface area contributed by atoms with Gasteiger partial charge < -0.3 is 15.4 Å². The second-order valence-corrected chi connectivity index (χ2v) is 4.78. The number of carbonyl (C=O) groups excluding carboxylic acids is 1. The molecule has 0 aliphatic carbocycles. The molecule has 0 fully saturated rings. The van der Waals surface area contributed by atoms with Crippen molar-refractivity contribution in [2.45, 2.75) is 59.0 Å². The molecule has 0 saturated heterocycles. The number of unbranched alkanes of at least 4 members (excludes halogenated alkanes) is 3. The van der Waals surface area contributed by atoms with Gasteiger partial charge in [0.05, 0.1) is 12.5 Å². The molecule has 0 saturated carbocycles. The van der Waals surface area contributed by atoms with Crippen molar-refractivity contribution in [3.63, 3.8) is 0 Å². The fourth-order valence-electron chi connectivity index (χ4n) is 1.58. The van der Waals surface area contributed by atoms with Crippen LogP contribution in [0.15, 0.2) is 4.99 Å². The Kier molecular flexibility index (Phi) is 16.2. The molecule has 0 bridgehead atoms. The highest BCUT2D eigenvalue weighted by atomic mass is 127. The zero-order chi connectivity index (χ0) is 14.5. The summed E-state index contributed by atoms with van der Waals surface area (Å²) in [7, 11) is 1.73. The molecule has 0 aromatic carbocycles. The molecule has 2 N–H and O–H groups in total. The van der Waals surface area contributed by atoms with Gasteiger partial charge in [0.1, 0.15) is 0 Å². The molecule has 0 unspecified atom stereocenters. The number of hydrogen-bond donors (Lipinski definition) is 2. The lowest BCUT2D eigenvalue weighted by atomic mass is 10.2. The van der Waals surface area contributed by atoms with Crippen molar-refractivity contribution in [2.75, 3.05) is 20.1 Å². The van der Waals surface area contributed by atoms with Crippen molar-refractivity contribution in [2.24, 2.45) is 4.99 Å². The minimum atomic E-state index is -0.180. The largest absolute Gasteiger partial charge is 0.463 e. The van der Waals surface area contributed by atoms with Crippen LogP contribution in [0, 0.1) is 0 Å². The molecule has 0 rings (SSSR count). The lowest BCUT2D eigenvalue weighted by Gasteiger charge is -2.12. The van der Waals surface area contributed by atoms with E-state index in [2.05, 4.69) is 22.5 Å². The number of hydrogen-bond acceptors (Lipinski definition) is 3. The van der Waals surface area contributed by atoms with E-state index in [0.29, 0.717) is 13.0 Å². The summed E-state index contributed by atoms with van der Waals surface area (Å²) in [4.78, 5) is 15.4. The third-order valence-corrected chi connectivity index (χ3v) is 2.54. The van der Waals surface area contributed by atoms with Gasteiger partial charge in [-0.3, -0.25) is 9.79 Å². The van der Waals surface area contributed by atoms with E-state index < -0.39 is 0 Å². The SMILES string of the molecule is CCCCCCNC(=NC)NCCC(=O)OC(C)C.I. The maximum atomic E-state index is 11.3. The fraction of sp³-hybridized carbons (Fsp3) is 0.857. The van der Waals surface area contributed by atoms with Crippen LogP contribution in [0.1, 0.15) is 52.9 Å². The lowest BCUT2D eigenvalue weighted by Crippen LogP contribution is -2.38. The number of esters is 1. The standard InChI is InChI=1S/C14H29N3O2.HI/c1-5-6-7-8-10-16-14(15-4)17-11-9-13(18)19-12(2)3;/h12H,5-11H2,1-4H3,(H2,15,16,17);1H. The van der Waals surface area contributed by atoms with Crippen molar-refractivity contribution < 1.29 is 9.53 Å². The molecular formula is C14H30IN3O2. The Morgan fingerprint density at radius 2 is 1.80 bits per heavy atom. The zero-order valence-corrected chi connectivity index (χ0v) is 15.5. The predicted octanol–water partition coefficient (Wildman–Crippen LogP) is 2.69. The molecule has 0 atom stereocenters. The monoisotopic (exact) mass is 399 g/mol. The third-order valence-electron chi connectivity index (χ3n) is 2.54. The van der Waals surface area contributed by atoms with E-state index >= 15 is 0 Å². The van der Waals surface area contributed by atoms with Gasteiger partial charge in [0.2, 0.25) is 0 Å². The number of nitrogens with zero attached hydrogens (tertiary/aromatic N) is 1. The Balaban J connectivity index is 0. The Hall–Kier alpha value is -0.530. The quantitative estimate of drug-likeness (QED) is 0.206. The summed E-state index contributed by atoms with van der Waals surface area (Å²) in [5.74, 6) is 0.565. The van der Waals surface area contributed by atoms with E-state index in [-0.39, 0.29) is 36.0 Å². The summed E-state index contributed by atoms with van der Waals surface area (Å²) in [6.45, 7) is 7.35. The minimum Gasteiger partial charge on any atom is -0.463 e. The van der Waals surface area contributed by atoms with Crippen LogP contribution in [0.4, 0.5) is 0 Å². The van der Waals surface area contributed by atoms with Gasteiger partial charge >= 0.3 is 5.97 Å². The number of nitrogens with one attached hydrogen (secondary N) is 2. The molecule has 120 valence electrons. The van der Waals surface area contributed by atoms with Crippen molar-refractivity contribution in [1.29, 1.82) is 0 Å². The average Bonchev–Trinajstić information content (AvgIpc) is 2.35. The van der Waals surface area contributed by atoms with Gasteiger partial charge in [0.25, 0.3) is 0 Å². The molecular weight excluding hydrogens is 369 g/mol. The molecule has 0 aromatic heterocycles. The highest BCUT2D eigenvalue weighted by Crippen LogP contribution is 1.97. The number of aliphatic imine (C=N–C) groups is 1. The second kappa shape index (κ2) is 14.9. The molecule has 0 aromatic rings. The zero-order valence-electron chi connectivity index (χ0n) is 13.2. The Bertz CT molecular complexity index is 271. The minimum absolute atomic E-state index is 0. The van der Waals surface area contributed by atoms with Crippen molar-refractivity contribution in [3.8, 4) is 0 Å². The molecule has 0 radical (unpaired) electrons. The van der Waals surface area contributed by atoms with Gasteiger partial charge in [0.15, 0.2) is 5.96 Å². The van der Waals surface area contributed by atoms with Crippen LogP contribution in [-0.2, 0) is 9.53 Å². The van der Waals surface area contributed by atoms with Crippen LogP contribution in [-0.4, -0.2) is 38.2 Å². The highest BCUT2D eigenvalue weighted by molar-refractivity contribution is 14.0. The van der Waals surface area contributed by atoms with Crippen LogP contribution in [0.3, 0.4) is 0 Å². The molecule has 5 nitrogen and oxygen atoms in total. The Labute approximate surface area is 140 Å². The second-order valence-electron chi connectivity index (χ2n) is 4.78. The van der Waals surface area contributed by atoms with E-state index in [0.717, 1.165) is 18.9 Å². The summed E-state index contributed by atoms with van der Waals surface area (Å²) < 4.78 is 5.05. The highest BCUT2D eigenvalue weighted by Gasteiger charge is 2.05. The summed E-state index contributed by atoms with van der Waals surface area (Å²) in [5.41, 5.74) is 0. The van der Waals surface area contributed by atoms with Gasteiger partial charge in [-0.1, -0.05) is 26.2 Å². The molecule has 0 aliphatic rings. The number of rotatable bonds is 9. The van der Waals surface area contributed by atoms with Crippen LogP contribution in [0.2, 0.25) is 0 Å². The average molecular weight is 399 g/mol. The van der Waals surface area contributed by atoms with Gasteiger partial charge in [-0.05, 0) is 20.3 Å². The van der Waals surface area contributed by atoms with Gasteiger partial charge in [-0.15, -0.1) is 24.0 Å². The normalized spacial score (nSPS) is 10.9. The first kappa shape index (κ1) is 21.8. The van der Waals surface area contributed by atoms with Crippen molar-refractivity contribution in [1.82, 2.24) is 10.6 Å². The van der Waals surface area contributed by atoms with Crippen LogP contribution in [0.25, 0.3) is 0 Å². The first-order valence-electron chi connectivity index (χ1n) is 7.24. The summed E-state index contributed by atoms with van der Waals surface area (Å²) >= 11 is 0. The predicted molar refractivity (Wildman–Crippen MR) is 94.8 cm³/mol. The number of ether oxygens (including phenoxy) is 1. The van der Waals surface area contributed by atoms with E-state index in [1.807, 2.05) is 13.8 Å². The van der Waals surface area contributed by atoms with E-state index in [4.69, 9.17) is 4.74 Å². The number of guanidine groups is 1. The van der Waals surface area contributed by atoms with Gasteiger partial charge in [-0.2, -0.15) is 0 Å². The topological polar surface area (TPSA) is 62.7 Å². The Morgan fingerprint density at radius 1 is 1.15 bits per heavy atom. The summed E-state index contributed by atoms with van der Waals surface area (Å²) in [5, 5.41) is 6.33. The van der Waals surface area contributed by atoms with Gasteiger partial charge in [0, 0.05) is 20.1 Å². The molecule has 0 spiro atoms. The van der Waals surface area contributed by atoms with Gasteiger partial charge in [-0.25, -0.2) is 0 Å². The van der Waals surface area contributed by atoms with Crippen LogP contribution in [0.5, 0.6) is 0 Å². The first-order chi connectivity index (χ1) is 9.10. The Morgan fingerprint density at radius 3 is 2.35 bits per heavy atom. The maximum Gasteiger partial charge on any atom is 0.307 e. The summed E-state index contributed by atoms with van der Waals surface area (Å²) in [6.07, 6.45) is 5.20. The third kappa shape index (κ3) is 13.9. The number of halogens is 1. The molecule has 0 heterocycles. The molecule has 0 aliphatic heterocycles. The first-order valence-corrected chi connectivity index (χ1v) is 7.24. The fourth-order valence-corrected chi connectivity index (χ4v) is 1.58. The van der Waals surface area contributed by atoms with E-state index in [1.54, 1.807) is 7.05 Å². The smallest absolute Gasteiger partial charge is 0.307 e. The molecule has 20 heavy (non-hydrogen) atoms. The maximum absolute atomic E-state index is 11.3. The van der Waals surface area contributed by atoms with Crippen molar-refractivity contribution in [3.05, 3.63) is 0 Å². The van der Waals surface area contributed by atoms with E-state index in [9.17, 15) is 4.79 Å². The lowest BCUT2D eigenvalue weighted by molar-refractivity contribution is -0.147. The molecule has 0 amide bonds.